The molecule has 0 bridgehead atoms. The van der Waals surface area contributed by atoms with Crippen molar-refractivity contribution in [1.82, 2.24) is 29.4 Å². The van der Waals surface area contributed by atoms with E-state index >= 15 is 0 Å². The van der Waals surface area contributed by atoms with Crippen LogP contribution < -0.4 is 4.90 Å². The normalized spacial score (nSPS) is 20.0. The number of halogens is 2. The van der Waals surface area contributed by atoms with Gasteiger partial charge in [-0.05, 0) is 32.5 Å². The molecule has 3 aromatic rings. The lowest BCUT2D eigenvalue weighted by Gasteiger charge is -2.33. The summed E-state index contributed by atoms with van der Waals surface area (Å²) in [6.45, 7) is 7.17. The average Bonchev–Trinajstić information content (AvgIpc) is 3.36. The summed E-state index contributed by atoms with van der Waals surface area (Å²) in [5.41, 5.74) is 2.47. The van der Waals surface area contributed by atoms with Crippen molar-refractivity contribution in [2.24, 2.45) is 0 Å². The van der Waals surface area contributed by atoms with Crippen LogP contribution in [0.25, 0.3) is 22.6 Å². The summed E-state index contributed by atoms with van der Waals surface area (Å²) in [4.78, 5) is 23.5. The third-order valence-electron chi connectivity index (χ3n) is 5.71. The number of aryl methyl sites for hydroxylation is 1. The van der Waals surface area contributed by atoms with Gasteiger partial charge >= 0.3 is 0 Å². The van der Waals surface area contributed by atoms with Gasteiger partial charge in [0.25, 0.3) is 0 Å². The number of imidazole rings is 1. The Labute approximate surface area is 186 Å². The van der Waals surface area contributed by atoms with Crippen molar-refractivity contribution < 1.29 is 4.74 Å². The molecule has 2 aliphatic heterocycles. The Bertz CT molecular complexity index is 1040. The van der Waals surface area contributed by atoms with E-state index in [2.05, 4.69) is 26.4 Å². The summed E-state index contributed by atoms with van der Waals surface area (Å²) in [6, 6.07) is 4.01. The Hall–Kier alpha value is -2.00. The highest BCUT2D eigenvalue weighted by Gasteiger charge is 2.29. The molecule has 160 valence electrons. The van der Waals surface area contributed by atoms with Crippen LogP contribution in [-0.2, 0) is 4.74 Å². The predicted octanol–water partition coefficient (Wildman–Crippen LogP) is 2.99. The van der Waals surface area contributed by atoms with Gasteiger partial charge in [-0.2, -0.15) is 0 Å². The van der Waals surface area contributed by atoms with E-state index in [-0.39, 0.29) is 18.4 Å². The topological polar surface area (TPSA) is 72.2 Å². The van der Waals surface area contributed by atoms with Gasteiger partial charge in [-0.15, -0.1) is 12.4 Å². The maximum atomic E-state index is 6.45. The number of rotatable bonds is 3. The molecule has 0 saturated carbocycles. The third kappa shape index (κ3) is 3.73. The first kappa shape index (κ1) is 21.2. The van der Waals surface area contributed by atoms with Crippen molar-refractivity contribution in [3.63, 3.8) is 0 Å². The minimum atomic E-state index is 0. The molecular weight excluding hydrogens is 425 g/mol. The Morgan fingerprint density at radius 2 is 1.93 bits per heavy atom. The molecule has 10 heteroatoms. The number of pyridine rings is 1. The molecule has 3 aromatic heterocycles. The highest BCUT2D eigenvalue weighted by molar-refractivity contribution is 6.32. The number of nitrogens with zero attached hydrogens (tertiary/aromatic N) is 7. The predicted molar refractivity (Wildman–Crippen MR) is 120 cm³/mol. The van der Waals surface area contributed by atoms with E-state index < -0.39 is 0 Å². The second-order valence-electron chi connectivity index (χ2n) is 7.72. The van der Waals surface area contributed by atoms with Gasteiger partial charge in [0.2, 0.25) is 0 Å². The van der Waals surface area contributed by atoms with E-state index in [9.17, 15) is 0 Å². The zero-order chi connectivity index (χ0) is 20.0. The molecule has 5 rings (SSSR count). The second-order valence-corrected chi connectivity index (χ2v) is 8.08. The Morgan fingerprint density at radius 3 is 2.63 bits per heavy atom. The van der Waals surface area contributed by atoms with Crippen molar-refractivity contribution in [3.8, 4) is 11.4 Å². The first-order chi connectivity index (χ1) is 14.1. The number of hydrogen-bond donors (Lipinski definition) is 0. The highest BCUT2D eigenvalue weighted by Crippen LogP contribution is 2.36. The van der Waals surface area contributed by atoms with Gasteiger partial charge in [0.1, 0.15) is 16.8 Å². The van der Waals surface area contributed by atoms with Crippen LogP contribution in [0.4, 0.5) is 5.82 Å². The monoisotopic (exact) mass is 449 g/mol. The van der Waals surface area contributed by atoms with Crippen LogP contribution in [-0.4, -0.2) is 75.8 Å². The van der Waals surface area contributed by atoms with E-state index in [0.717, 1.165) is 73.4 Å². The number of piperazine rings is 1. The Morgan fingerprint density at radius 1 is 1.13 bits per heavy atom. The van der Waals surface area contributed by atoms with Crippen LogP contribution in [0.15, 0.2) is 18.3 Å². The summed E-state index contributed by atoms with van der Waals surface area (Å²) in [7, 11) is 2.15. The summed E-state index contributed by atoms with van der Waals surface area (Å²) in [6.07, 6.45) is 2.61. The van der Waals surface area contributed by atoms with E-state index in [0.29, 0.717) is 11.8 Å². The summed E-state index contributed by atoms with van der Waals surface area (Å²) in [5.74, 6) is 2.43. The number of anilines is 1. The lowest BCUT2D eigenvalue weighted by atomic mass is 10.2. The van der Waals surface area contributed by atoms with Gasteiger partial charge in [0.05, 0.1) is 18.2 Å². The van der Waals surface area contributed by atoms with Gasteiger partial charge < -0.3 is 19.1 Å². The zero-order valence-corrected chi connectivity index (χ0v) is 18.7. The largest absolute Gasteiger partial charge is 0.379 e. The number of ether oxygens (including phenoxy) is 1. The standard InChI is InChI=1S/C20H24ClN7O.ClH/c1-13-23-19(27-9-7-26(2)8-10-27)16-20(24-13)28(14-5-11-29-12-14)18(25-16)15-4-3-6-22-17(15)21;/h3-4,6,14H,5,7-12H2,1-2H3;1H. The second kappa shape index (κ2) is 8.63. The van der Waals surface area contributed by atoms with Gasteiger partial charge in [-0.1, -0.05) is 11.6 Å². The fourth-order valence-corrected chi connectivity index (χ4v) is 4.32. The highest BCUT2D eigenvalue weighted by atomic mass is 35.5. The lowest BCUT2D eigenvalue weighted by molar-refractivity contribution is 0.187. The van der Waals surface area contributed by atoms with E-state index in [1.165, 1.54) is 0 Å². The third-order valence-corrected chi connectivity index (χ3v) is 6.01. The first-order valence-corrected chi connectivity index (χ1v) is 10.4. The molecule has 0 amide bonds. The molecular formula is C20H25Cl2N7O. The van der Waals surface area contributed by atoms with E-state index in [4.69, 9.17) is 31.3 Å². The Balaban J connectivity index is 0.00000218. The Kier molecular flexibility index (Phi) is 6.11. The summed E-state index contributed by atoms with van der Waals surface area (Å²) >= 11 is 6.45. The lowest BCUT2D eigenvalue weighted by Crippen LogP contribution is -2.45. The molecule has 8 nitrogen and oxygen atoms in total. The van der Waals surface area contributed by atoms with Crippen molar-refractivity contribution in [1.29, 1.82) is 0 Å². The number of aromatic nitrogens is 5. The van der Waals surface area contributed by atoms with E-state index in [1.54, 1.807) is 6.20 Å². The zero-order valence-electron chi connectivity index (χ0n) is 17.1. The molecule has 5 heterocycles. The molecule has 1 unspecified atom stereocenters. The number of hydrogen-bond acceptors (Lipinski definition) is 7. The van der Waals surface area contributed by atoms with Crippen LogP contribution in [0.5, 0.6) is 0 Å². The minimum absolute atomic E-state index is 0. The van der Waals surface area contributed by atoms with Crippen LogP contribution in [0.2, 0.25) is 5.15 Å². The molecule has 2 aliphatic rings. The number of fused-ring (bicyclic) bond motifs is 1. The average molecular weight is 450 g/mol. The van der Waals surface area contributed by atoms with Crippen LogP contribution in [0.3, 0.4) is 0 Å². The molecule has 2 saturated heterocycles. The maximum absolute atomic E-state index is 6.45. The van der Waals surface area contributed by atoms with Gasteiger partial charge in [0.15, 0.2) is 17.0 Å². The van der Waals surface area contributed by atoms with Gasteiger partial charge in [-0.3, -0.25) is 0 Å². The van der Waals surface area contributed by atoms with Gasteiger partial charge in [0, 0.05) is 39.0 Å². The smallest absolute Gasteiger partial charge is 0.166 e. The molecule has 0 N–H and O–H groups in total. The molecule has 0 aliphatic carbocycles. The summed E-state index contributed by atoms with van der Waals surface area (Å²) in [5, 5.41) is 0.439. The fraction of sp³-hybridized carbons (Fsp3) is 0.500. The number of likely N-dealkylation sites (N-methyl/N-ethyl adjacent to an activating group) is 1. The minimum Gasteiger partial charge on any atom is -0.379 e. The van der Waals surface area contributed by atoms with Crippen LogP contribution >= 0.6 is 24.0 Å². The van der Waals surface area contributed by atoms with Crippen molar-refractivity contribution in [2.75, 3.05) is 51.3 Å². The molecule has 0 radical (unpaired) electrons. The van der Waals surface area contributed by atoms with Crippen molar-refractivity contribution >= 4 is 41.0 Å². The van der Waals surface area contributed by atoms with Crippen LogP contribution in [0.1, 0.15) is 18.3 Å². The molecule has 0 spiro atoms. The van der Waals surface area contributed by atoms with E-state index in [1.807, 2.05) is 19.1 Å². The molecule has 1 atom stereocenters. The van der Waals surface area contributed by atoms with Crippen molar-refractivity contribution in [3.05, 3.63) is 29.3 Å². The van der Waals surface area contributed by atoms with Gasteiger partial charge in [-0.25, -0.2) is 19.9 Å². The maximum Gasteiger partial charge on any atom is 0.166 e. The van der Waals surface area contributed by atoms with Crippen molar-refractivity contribution in [2.45, 2.75) is 19.4 Å². The summed E-state index contributed by atoms with van der Waals surface area (Å²) < 4.78 is 7.86. The molecule has 2 fully saturated rings. The quantitative estimate of drug-likeness (QED) is 0.568. The van der Waals surface area contributed by atoms with Crippen LogP contribution in [0, 0.1) is 6.92 Å². The fourth-order valence-electron chi connectivity index (χ4n) is 4.12. The SMILES string of the molecule is Cc1nc(N2CCN(C)CC2)c2nc(-c3cccnc3Cl)n(C3CCOC3)c2n1.Cl. The molecule has 30 heavy (non-hydrogen) atoms. The first-order valence-electron chi connectivity index (χ1n) is 10.0. The molecule has 0 aromatic carbocycles.